The number of carbonyl (C=O) groups is 2. The summed E-state index contributed by atoms with van der Waals surface area (Å²) in [6.07, 6.45) is 1.93. The molecule has 1 N–H and O–H groups in total. The van der Waals surface area contributed by atoms with Crippen molar-refractivity contribution in [2.75, 3.05) is 25.2 Å². The van der Waals surface area contributed by atoms with Gasteiger partial charge in [-0.2, -0.15) is 0 Å². The van der Waals surface area contributed by atoms with Gasteiger partial charge in [0, 0.05) is 18.4 Å². The third-order valence-electron chi connectivity index (χ3n) is 4.06. The highest BCUT2D eigenvalue weighted by molar-refractivity contribution is 7.98. The van der Waals surface area contributed by atoms with Crippen LogP contribution in [-0.2, 0) is 16.0 Å². The van der Waals surface area contributed by atoms with E-state index in [4.69, 9.17) is 4.74 Å². The first kappa shape index (κ1) is 17.4. The molecule has 0 fully saturated rings. The molecule has 25 heavy (non-hydrogen) atoms. The molecular weight excluding hydrogens is 336 g/mol. The van der Waals surface area contributed by atoms with Crippen LogP contribution in [0.25, 0.3) is 0 Å². The summed E-state index contributed by atoms with van der Waals surface area (Å²) in [5.41, 5.74) is 1.78. The Balaban J connectivity index is 1.58. The molecule has 2 amide bonds. The maximum absolute atomic E-state index is 12.5. The van der Waals surface area contributed by atoms with Gasteiger partial charge in [0.25, 0.3) is 5.91 Å². The van der Waals surface area contributed by atoms with Crippen molar-refractivity contribution in [3.63, 3.8) is 0 Å². The molecule has 3 rings (SSSR count). The van der Waals surface area contributed by atoms with Gasteiger partial charge in [0.05, 0.1) is 12.2 Å². The van der Waals surface area contributed by atoms with Crippen LogP contribution in [-0.4, -0.2) is 42.7 Å². The minimum absolute atomic E-state index is 0.0161. The molecule has 130 valence electrons. The number of amides is 2. The number of hydrogen-bond acceptors (Lipinski definition) is 4. The first-order chi connectivity index (χ1) is 12.1. The zero-order valence-corrected chi connectivity index (χ0v) is 15.0. The van der Waals surface area contributed by atoms with Gasteiger partial charge in [0.1, 0.15) is 5.75 Å². The van der Waals surface area contributed by atoms with E-state index < -0.39 is 6.10 Å². The van der Waals surface area contributed by atoms with Gasteiger partial charge >= 0.3 is 0 Å². The van der Waals surface area contributed by atoms with E-state index in [0.29, 0.717) is 6.42 Å². The second kappa shape index (κ2) is 7.61. The topological polar surface area (TPSA) is 58.6 Å². The molecule has 1 heterocycles. The van der Waals surface area contributed by atoms with Crippen LogP contribution in [0.15, 0.2) is 53.4 Å². The van der Waals surface area contributed by atoms with Crippen LogP contribution >= 0.6 is 11.8 Å². The van der Waals surface area contributed by atoms with E-state index >= 15 is 0 Å². The molecule has 0 aliphatic carbocycles. The normalized spacial score (nSPS) is 15.2. The van der Waals surface area contributed by atoms with Gasteiger partial charge in [0.15, 0.2) is 6.10 Å². The summed E-state index contributed by atoms with van der Waals surface area (Å²) in [5.74, 6) is 0.324. The van der Waals surface area contributed by atoms with Gasteiger partial charge in [-0.05, 0) is 30.0 Å². The minimum Gasteiger partial charge on any atom is -0.480 e. The molecule has 2 aromatic carbocycles. The number of hydrogen-bond donors (Lipinski definition) is 1. The first-order valence-electron chi connectivity index (χ1n) is 8.01. The lowest BCUT2D eigenvalue weighted by Gasteiger charge is -2.20. The van der Waals surface area contributed by atoms with E-state index in [0.717, 1.165) is 21.9 Å². The number of fused-ring (bicyclic) bond motifs is 1. The van der Waals surface area contributed by atoms with Crippen molar-refractivity contribution in [3.8, 4) is 5.75 Å². The summed E-state index contributed by atoms with van der Waals surface area (Å²) in [6, 6.07) is 15.2. The van der Waals surface area contributed by atoms with Crippen LogP contribution in [0.5, 0.6) is 5.75 Å². The number of para-hydroxylation sites is 2. The Bertz CT molecular complexity index is 769. The van der Waals surface area contributed by atoms with Gasteiger partial charge in [-0.1, -0.05) is 30.3 Å². The zero-order chi connectivity index (χ0) is 17.8. The highest BCUT2D eigenvalue weighted by Crippen LogP contribution is 2.29. The van der Waals surface area contributed by atoms with E-state index in [2.05, 4.69) is 5.32 Å². The predicted octanol–water partition coefficient (Wildman–Crippen LogP) is 2.81. The average Bonchev–Trinajstić information content (AvgIpc) is 3.05. The van der Waals surface area contributed by atoms with Gasteiger partial charge in [-0.25, -0.2) is 0 Å². The number of carbonyl (C=O) groups excluding carboxylic acids is 2. The molecule has 0 radical (unpaired) electrons. The van der Waals surface area contributed by atoms with Crippen LogP contribution in [0.3, 0.4) is 0 Å². The molecule has 1 aliphatic rings. The molecule has 0 aromatic heterocycles. The smallest absolute Gasteiger partial charge is 0.264 e. The second-order valence-electron chi connectivity index (χ2n) is 5.86. The lowest BCUT2D eigenvalue weighted by Crippen LogP contribution is -2.42. The van der Waals surface area contributed by atoms with Gasteiger partial charge in [0.2, 0.25) is 5.91 Å². The monoisotopic (exact) mass is 356 g/mol. The Labute approximate surface area is 151 Å². The summed E-state index contributed by atoms with van der Waals surface area (Å²) in [4.78, 5) is 27.2. The SMILES string of the molecule is CSc1ccccc1NC(=O)CN(C)C(=O)C1Cc2ccccc2O1. The fourth-order valence-corrected chi connectivity index (χ4v) is 3.35. The number of likely N-dealkylation sites (N-methyl/N-ethyl adjacent to an activating group) is 1. The largest absolute Gasteiger partial charge is 0.480 e. The molecular formula is C19H20N2O3S. The standard InChI is InChI=1S/C19H20N2O3S/c1-21(12-18(22)20-14-8-4-6-10-17(14)25-2)19(23)16-11-13-7-3-5-9-15(13)24-16/h3-10,16H,11-12H2,1-2H3,(H,20,22). The minimum atomic E-state index is -0.561. The van der Waals surface area contributed by atoms with Crippen LogP contribution < -0.4 is 10.1 Å². The molecule has 0 bridgehead atoms. The van der Waals surface area contributed by atoms with E-state index in [-0.39, 0.29) is 18.4 Å². The third-order valence-corrected chi connectivity index (χ3v) is 4.86. The van der Waals surface area contributed by atoms with Gasteiger partial charge < -0.3 is 15.0 Å². The van der Waals surface area contributed by atoms with E-state index in [1.165, 1.54) is 4.90 Å². The average molecular weight is 356 g/mol. The summed E-state index contributed by atoms with van der Waals surface area (Å²) in [6.45, 7) is -0.0161. The third kappa shape index (κ3) is 3.96. The van der Waals surface area contributed by atoms with Crippen molar-refractivity contribution in [2.45, 2.75) is 17.4 Å². The highest BCUT2D eigenvalue weighted by atomic mass is 32.2. The molecule has 2 aromatic rings. The number of anilines is 1. The molecule has 6 heteroatoms. The number of thioether (sulfide) groups is 1. The van der Waals surface area contributed by atoms with Crippen molar-refractivity contribution >= 4 is 29.3 Å². The molecule has 0 saturated heterocycles. The Kier molecular flexibility index (Phi) is 5.28. The first-order valence-corrected chi connectivity index (χ1v) is 9.23. The second-order valence-corrected chi connectivity index (χ2v) is 6.71. The summed E-state index contributed by atoms with van der Waals surface area (Å²) < 4.78 is 5.70. The molecule has 5 nitrogen and oxygen atoms in total. The van der Waals surface area contributed by atoms with E-state index in [9.17, 15) is 9.59 Å². The van der Waals surface area contributed by atoms with Crippen molar-refractivity contribution in [3.05, 3.63) is 54.1 Å². The van der Waals surface area contributed by atoms with Crippen molar-refractivity contribution < 1.29 is 14.3 Å². The summed E-state index contributed by atoms with van der Waals surface area (Å²) in [7, 11) is 1.62. The van der Waals surface area contributed by atoms with E-state index in [1.807, 2.05) is 54.8 Å². The number of ether oxygens (including phenoxy) is 1. The molecule has 0 spiro atoms. The van der Waals surface area contributed by atoms with Gasteiger partial charge in [-0.15, -0.1) is 11.8 Å². The Hall–Kier alpha value is -2.47. The van der Waals surface area contributed by atoms with Crippen LogP contribution in [0.1, 0.15) is 5.56 Å². The lowest BCUT2D eigenvalue weighted by molar-refractivity contribution is -0.139. The zero-order valence-electron chi connectivity index (χ0n) is 14.2. The summed E-state index contributed by atoms with van der Waals surface area (Å²) >= 11 is 1.56. The van der Waals surface area contributed by atoms with Crippen molar-refractivity contribution in [1.29, 1.82) is 0 Å². The molecule has 0 saturated carbocycles. The quantitative estimate of drug-likeness (QED) is 0.837. The maximum Gasteiger partial charge on any atom is 0.264 e. The maximum atomic E-state index is 12.5. The fourth-order valence-electron chi connectivity index (χ4n) is 2.80. The summed E-state index contributed by atoms with van der Waals surface area (Å²) in [5, 5.41) is 2.86. The van der Waals surface area contributed by atoms with Gasteiger partial charge in [-0.3, -0.25) is 9.59 Å². The lowest BCUT2D eigenvalue weighted by atomic mass is 10.1. The predicted molar refractivity (Wildman–Crippen MR) is 99.1 cm³/mol. The highest BCUT2D eigenvalue weighted by Gasteiger charge is 2.31. The Morgan fingerprint density at radius 1 is 1.20 bits per heavy atom. The van der Waals surface area contributed by atoms with E-state index in [1.54, 1.807) is 18.8 Å². The molecule has 1 aliphatic heterocycles. The molecule has 1 atom stereocenters. The van der Waals surface area contributed by atoms with Crippen molar-refractivity contribution in [1.82, 2.24) is 4.90 Å². The Morgan fingerprint density at radius 3 is 2.68 bits per heavy atom. The van der Waals surface area contributed by atoms with Crippen LogP contribution in [0, 0.1) is 0 Å². The number of nitrogens with zero attached hydrogens (tertiary/aromatic N) is 1. The number of benzene rings is 2. The number of nitrogens with one attached hydrogen (secondary N) is 1. The number of rotatable bonds is 5. The molecule has 1 unspecified atom stereocenters. The van der Waals surface area contributed by atoms with Crippen LogP contribution in [0.4, 0.5) is 5.69 Å². The Morgan fingerprint density at radius 2 is 1.92 bits per heavy atom. The fraction of sp³-hybridized carbons (Fsp3) is 0.263. The van der Waals surface area contributed by atoms with Crippen molar-refractivity contribution in [2.24, 2.45) is 0 Å². The van der Waals surface area contributed by atoms with Crippen LogP contribution in [0.2, 0.25) is 0 Å².